The van der Waals surface area contributed by atoms with E-state index in [1.165, 1.54) is 11.3 Å². The molecule has 0 bridgehead atoms. The summed E-state index contributed by atoms with van der Waals surface area (Å²) in [5.74, 6) is 3.16. The maximum Gasteiger partial charge on any atom is 0.325 e. The number of nitrogens with one attached hydrogen (secondary N) is 1. The van der Waals surface area contributed by atoms with Crippen molar-refractivity contribution in [1.82, 2.24) is 15.1 Å². The van der Waals surface area contributed by atoms with Crippen LogP contribution < -0.4 is 5.32 Å². The van der Waals surface area contributed by atoms with E-state index in [-0.39, 0.29) is 11.9 Å². The van der Waals surface area contributed by atoms with Crippen LogP contribution in [0.25, 0.3) is 0 Å². The van der Waals surface area contributed by atoms with Gasteiger partial charge >= 0.3 is 6.03 Å². The van der Waals surface area contributed by atoms with Gasteiger partial charge in [-0.05, 0) is 45.4 Å². The zero-order valence-electron chi connectivity index (χ0n) is 14.3. The van der Waals surface area contributed by atoms with Gasteiger partial charge in [0.1, 0.15) is 17.1 Å². The van der Waals surface area contributed by atoms with Crippen LogP contribution in [-0.4, -0.2) is 47.4 Å². The summed E-state index contributed by atoms with van der Waals surface area (Å²) in [4.78, 5) is 27.3. The lowest BCUT2D eigenvalue weighted by atomic mass is 10.1. The maximum atomic E-state index is 12.1. The summed E-state index contributed by atoms with van der Waals surface area (Å²) in [5, 5.41) is 2.69. The molecule has 1 aromatic heterocycles. The van der Waals surface area contributed by atoms with Gasteiger partial charge in [-0.15, -0.1) is 0 Å². The van der Waals surface area contributed by atoms with Crippen LogP contribution in [-0.2, 0) is 11.3 Å². The van der Waals surface area contributed by atoms with Crippen LogP contribution in [0.3, 0.4) is 0 Å². The van der Waals surface area contributed by atoms with E-state index < -0.39 is 5.54 Å². The standard InChI is InChI=1S/C17H25N3O3/c1-11-9-13(11)14-6-5-12(23-14)10-19(4)7-8-20-15(21)17(2,3)18-16(20)22/h5-6,11,13H,7-10H2,1-4H3,(H,18,22)/t11-,13-/m1/s1. The van der Waals surface area contributed by atoms with E-state index >= 15 is 0 Å². The summed E-state index contributed by atoms with van der Waals surface area (Å²) in [5.41, 5.74) is -0.799. The van der Waals surface area contributed by atoms with Crippen LogP contribution in [0.5, 0.6) is 0 Å². The molecule has 126 valence electrons. The summed E-state index contributed by atoms with van der Waals surface area (Å²) in [6, 6.07) is 3.78. The molecule has 0 radical (unpaired) electrons. The molecule has 1 aromatic rings. The lowest BCUT2D eigenvalue weighted by Gasteiger charge is -2.20. The minimum absolute atomic E-state index is 0.168. The predicted molar refractivity (Wildman–Crippen MR) is 85.9 cm³/mol. The number of furan rings is 1. The number of carbonyl (C=O) groups is 2. The number of nitrogens with zero attached hydrogens (tertiary/aromatic N) is 2. The molecule has 1 N–H and O–H groups in total. The highest BCUT2D eigenvalue weighted by atomic mass is 16.3. The van der Waals surface area contributed by atoms with E-state index in [9.17, 15) is 9.59 Å². The molecule has 2 atom stereocenters. The number of carbonyl (C=O) groups excluding carboxylic acids is 2. The Hall–Kier alpha value is -1.82. The molecule has 2 aliphatic rings. The zero-order chi connectivity index (χ0) is 16.8. The summed E-state index contributed by atoms with van der Waals surface area (Å²) < 4.78 is 5.89. The van der Waals surface area contributed by atoms with Crippen LogP contribution in [0, 0.1) is 5.92 Å². The fraction of sp³-hybridized carbons (Fsp3) is 0.647. The molecule has 23 heavy (non-hydrogen) atoms. The Morgan fingerprint density at radius 2 is 2.09 bits per heavy atom. The number of hydrogen-bond donors (Lipinski definition) is 1. The Labute approximate surface area is 136 Å². The molecular weight excluding hydrogens is 294 g/mol. The molecule has 6 nitrogen and oxygen atoms in total. The maximum absolute atomic E-state index is 12.1. The molecule has 2 heterocycles. The van der Waals surface area contributed by atoms with Gasteiger partial charge in [-0.3, -0.25) is 14.6 Å². The van der Waals surface area contributed by atoms with Crippen molar-refractivity contribution in [1.29, 1.82) is 0 Å². The van der Waals surface area contributed by atoms with Crippen LogP contribution >= 0.6 is 0 Å². The van der Waals surface area contributed by atoms with Crippen molar-refractivity contribution in [2.75, 3.05) is 20.1 Å². The lowest BCUT2D eigenvalue weighted by Crippen LogP contribution is -2.41. The lowest BCUT2D eigenvalue weighted by molar-refractivity contribution is -0.130. The van der Waals surface area contributed by atoms with Crippen LogP contribution in [0.4, 0.5) is 4.79 Å². The van der Waals surface area contributed by atoms with Crippen LogP contribution in [0.15, 0.2) is 16.5 Å². The molecule has 3 rings (SSSR count). The molecule has 0 unspecified atom stereocenters. The topological polar surface area (TPSA) is 65.8 Å². The first-order valence-electron chi connectivity index (χ1n) is 8.19. The van der Waals surface area contributed by atoms with Gasteiger partial charge in [0.2, 0.25) is 0 Å². The van der Waals surface area contributed by atoms with Gasteiger partial charge in [-0.1, -0.05) is 6.92 Å². The zero-order valence-corrected chi connectivity index (χ0v) is 14.3. The third-order valence-electron chi connectivity index (χ3n) is 4.73. The van der Waals surface area contributed by atoms with Crippen molar-refractivity contribution in [3.05, 3.63) is 23.7 Å². The average molecular weight is 319 g/mol. The number of urea groups is 1. The monoisotopic (exact) mass is 319 g/mol. The second kappa shape index (κ2) is 5.67. The SMILES string of the molecule is C[C@@H]1C[C@H]1c1ccc(CN(C)CCN2C(=O)NC(C)(C)C2=O)o1. The summed E-state index contributed by atoms with van der Waals surface area (Å²) in [6.07, 6.45) is 1.21. The third-order valence-corrected chi connectivity index (χ3v) is 4.73. The number of rotatable bonds is 6. The smallest absolute Gasteiger partial charge is 0.325 e. The van der Waals surface area contributed by atoms with Gasteiger partial charge in [0.15, 0.2) is 0 Å². The van der Waals surface area contributed by atoms with Gasteiger partial charge in [-0.25, -0.2) is 4.79 Å². The van der Waals surface area contributed by atoms with Gasteiger partial charge in [0.05, 0.1) is 6.54 Å². The molecular formula is C17H25N3O3. The van der Waals surface area contributed by atoms with E-state index in [4.69, 9.17) is 4.42 Å². The van der Waals surface area contributed by atoms with Crippen LogP contribution in [0.2, 0.25) is 0 Å². The Bertz CT molecular complexity index is 622. The van der Waals surface area contributed by atoms with Gasteiger partial charge in [0.25, 0.3) is 5.91 Å². The van der Waals surface area contributed by atoms with Crippen molar-refractivity contribution < 1.29 is 14.0 Å². The first kappa shape index (κ1) is 16.1. The van der Waals surface area contributed by atoms with E-state index in [2.05, 4.69) is 23.2 Å². The molecule has 1 saturated carbocycles. The van der Waals surface area contributed by atoms with Gasteiger partial charge < -0.3 is 9.73 Å². The Kier molecular flexibility index (Phi) is 3.96. The first-order chi connectivity index (χ1) is 10.8. The fourth-order valence-corrected chi connectivity index (χ4v) is 3.03. The Balaban J connectivity index is 1.50. The summed E-state index contributed by atoms with van der Waals surface area (Å²) in [7, 11) is 1.96. The number of hydrogen-bond acceptors (Lipinski definition) is 4. The predicted octanol–water partition coefficient (Wildman–Crippen LogP) is 2.17. The third kappa shape index (κ3) is 3.27. The molecule has 0 aromatic carbocycles. The summed E-state index contributed by atoms with van der Waals surface area (Å²) in [6.45, 7) is 7.36. The van der Waals surface area contributed by atoms with E-state index in [0.29, 0.717) is 25.6 Å². The van der Waals surface area contributed by atoms with E-state index in [1.54, 1.807) is 13.8 Å². The molecule has 6 heteroatoms. The normalized spacial score (nSPS) is 26.0. The minimum atomic E-state index is -0.799. The number of imide groups is 1. The Morgan fingerprint density at radius 1 is 1.39 bits per heavy atom. The summed E-state index contributed by atoms with van der Waals surface area (Å²) >= 11 is 0. The van der Waals surface area contributed by atoms with Gasteiger partial charge in [-0.2, -0.15) is 0 Å². The van der Waals surface area contributed by atoms with Crippen molar-refractivity contribution >= 4 is 11.9 Å². The van der Waals surface area contributed by atoms with Crippen molar-refractivity contribution in [2.24, 2.45) is 5.92 Å². The first-order valence-corrected chi connectivity index (χ1v) is 8.19. The quantitative estimate of drug-likeness (QED) is 0.816. The minimum Gasteiger partial charge on any atom is -0.464 e. The second-order valence-corrected chi connectivity index (χ2v) is 7.37. The fourth-order valence-electron chi connectivity index (χ4n) is 3.03. The Morgan fingerprint density at radius 3 is 2.65 bits per heavy atom. The highest BCUT2D eigenvalue weighted by Gasteiger charge is 2.43. The highest BCUT2D eigenvalue weighted by molar-refractivity contribution is 6.06. The average Bonchev–Trinajstić information content (AvgIpc) is 2.93. The molecule has 1 saturated heterocycles. The van der Waals surface area contributed by atoms with Crippen LogP contribution in [0.1, 0.15) is 44.6 Å². The highest BCUT2D eigenvalue weighted by Crippen LogP contribution is 2.47. The van der Waals surface area contributed by atoms with E-state index in [0.717, 1.165) is 17.4 Å². The number of amides is 3. The molecule has 2 fully saturated rings. The van der Waals surface area contributed by atoms with Crippen molar-refractivity contribution in [2.45, 2.75) is 45.2 Å². The second-order valence-electron chi connectivity index (χ2n) is 7.37. The number of likely N-dealkylation sites (N-methyl/N-ethyl adjacent to an activating group) is 1. The largest absolute Gasteiger partial charge is 0.464 e. The van der Waals surface area contributed by atoms with Crippen molar-refractivity contribution in [3.63, 3.8) is 0 Å². The molecule has 3 amide bonds. The molecule has 1 aliphatic carbocycles. The van der Waals surface area contributed by atoms with Crippen molar-refractivity contribution in [3.8, 4) is 0 Å². The van der Waals surface area contributed by atoms with E-state index in [1.807, 2.05) is 13.1 Å². The molecule has 1 aliphatic heterocycles. The molecule has 0 spiro atoms. The van der Waals surface area contributed by atoms with Gasteiger partial charge in [0, 0.05) is 19.0 Å².